The first-order chi connectivity index (χ1) is 7.52. The van der Waals surface area contributed by atoms with E-state index in [-0.39, 0.29) is 5.41 Å². The average molecular weight is 220 g/mol. The lowest BCUT2D eigenvalue weighted by molar-refractivity contribution is -0.127. The van der Waals surface area contributed by atoms with Crippen molar-refractivity contribution < 1.29 is 4.79 Å². The summed E-state index contributed by atoms with van der Waals surface area (Å²) in [5.41, 5.74) is 0.582. The molecule has 0 radical (unpaired) electrons. The Labute approximate surface area is 99.0 Å². The van der Waals surface area contributed by atoms with Gasteiger partial charge in [0, 0.05) is 11.8 Å². The number of carbonyl (C=O) groups excluding carboxylic acids is 1. The summed E-state index contributed by atoms with van der Waals surface area (Å²) in [7, 11) is 0. The summed E-state index contributed by atoms with van der Waals surface area (Å²) >= 11 is 0. The largest absolute Gasteiger partial charge is 0.299 e. The van der Waals surface area contributed by atoms with Crippen LogP contribution in [0.1, 0.15) is 65.2 Å². The second-order valence-corrected chi connectivity index (χ2v) is 7.34. The Balaban J connectivity index is 1.62. The first-order valence-electron chi connectivity index (χ1n) is 7.05. The summed E-state index contributed by atoms with van der Waals surface area (Å²) in [5, 5.41) is 0. The molecule has 0 aromatic carbocycles. The molecule has 90 valence electrons. The molecular formula is C15H24O. The van der Waals surface area contributed by atoms with Crippen molar-refractivity contribution in [2.75, 3.05) is 0 Å². The van der Waals surface area contributed by atoms with E-state index in [1.807, 2.05) is 0 Å². The van der Waals surface area contributed by atoms with Crippen molar-refractivity contribution in [3.63, 3.8) is 0 Å². The van der Waals surface area contributed by atoms with Crippen LogP contribution in [0.25, 0.3) is 0 Å². The molecule has 2 atom stereocenters. The molecule has 0 aliphatic heterocycles. The number of hydrogen-bond acceptors (Lipinski definition) is 1. The van der Waals surface area contributed by atoms with Crippen molar-refractivity contribution in [2.45, 2.75) is 65.2 Å². The van der Waals surface area contributed by atoms with Gasteiger partial charge in [0.25, 0.3) is 0 Å². The van der Waals surface area contributed by atoms with Gasteiger partial charge in [-0.15, -0.1) is 0 Å². The van der Waals surface area contributed by atoms with Gasteiger partial charge in [0.15, 0.2) is 0 Å². The Morgan fingerprint density at radius 2 is 2.00 bits per heavy atom. The summed E-state index contributed by atoms with van der Waals surface area (Å²) < 4.78 is 0. The number of hydrogen-bond donors (Lipinski definition) is 0. The molecule has 2 unspecified atom stereocenters. The molecule has 0 saturated heterocycles. The van der Waals surface area contributed by atoms with Gasteiger partial charge in [-0.2, -0.15) is 0 Å². The molecule has 16 heavy (non-hydrogen) atoms. The van der Waals surface area contributed by atoms with E-state index in [0.29, 0.717) is 11.2 Å². The second kappa shape index (κ2) is 3.34. The molecule has 1 heteroatoms. The first kappa shape index (κ1) is 10.8. The van der Waals surface area contributed by atoms with Crippen LogP contribution in [0.5, 0.6) is 0 Å². The normalized spacial score (nSPS) is 40.2. The van der Waals surface area contributed by atoms with Crippen LogP contribution in [0.3, 0.4) is 0 Å². The van der Waals surface area contributed by atoms with E-state index in [4.69, 9.17) is 0 Å². The number of ketones is 1. The Hall–Kier alpha value is -0.330. The lowest BCUT2D eigenvalue weighted by Gasteiger charge is -2.34. The van der Waals surface area contributed by atoms with Crippen LogP contribution in [0.4, 0.5) is 0 Å². The SMILES string of the molecule is CC1(C)CCC2CC2(C(=O)CCC2CC2)C1. The minimum atomic E-state index is 0.163. The third-order valence-electron chi connectivity index (χ3n) is 5.23. The Bertz CT molecular complexity index is 313. The van der Waals surface area contributed by atoms with Crippen LogP contribution in [-0.2, 0) is 4.79 Å². The molecule has 3 saturated carbocycles. The zero-order valence-corrected chi connectivity index (χ0v) is 10.7. The molecule has 0 aromatic rings. The van der Waals surface area contributed by atoms with E-state index in [9.17, 15) is 4.79 Å². The lowest BCUT2D eigenvalue weighted by Crippen LogP contribution is -2.30. The molecule has 3 rings (SSSR count). The molecule has 3 aliphatic carbocycles. The average Bonchev–Trinajstić information content (AvgIpc) is 3.07. The van der Waals surface area contributed by atoms with Gasteiger partial charge >= 0.3 is 0 Å². The minimum Gasteiger partial charge on any atom is -0.299 e. The molecule has 0 aromatic heterocycles. The second-order valence-electron chi connectivity index (χ2n) is 7.34. The lowest BCUT2D eigenvalue weighted by atomic mass is 9.70. The summed E-state index contributed by atoms with van der Waals surface area (Å²) in [5.74, 6) is 2.30. The Morgan fingerprint density at radius 3 is 2.69 bits per heavy atom. The molecule has 0 bridgehead atoms. The number of carbonyl (C=O) groups is 1. The highest BCUT2D eigenvalue weighted by molar-refractivity contribution is 5.88. The zero-order valence-electron chi connectivity index (χ0n) is 10.7. The van der Waals surface area contributed by atoms with Gasteiger partial charge < -0.3 is 0 Å². The Kier molecular flexibility index (Phi) is 2.25. The van der Waals surface area contributed by atoms with Gasteiger partial charge in [-0.3, -0.25) is 4.79 Å². The van der Waals surface area contributed by atoms with Gasteiger partial charge in [-0.05, 0) is 49.4 Å². The predicted octanol–water partition coefficient (Wildman–Crippen LogP) is 3.96. The predicted molar refractivity (Wildman–Crippen MR) is 65.1 cm³/mol. The number of Topliss-reactive ketones (excluding diaryl/α,β-unsaturated/α-hetero) is 1. The number of fused-ring (bicyclic) bond motifs is 1. The van der Waals surface area contributed by atoms with E-state index in [1.165, 1.54) is 44.9 Å². The van der Waals surface area contributed by atoms with E-state index >= 15 is 0 Å². The summed E-state index contributed by atoms with van der Waals surface area (Å²) in [6, 6.07) is 0. The van der Waals surface area contributed by atoms with E-state index in [2.05, 4.69) is 13.8 Å². The van der Waals surface area contributed by atoms with Crippen molar-refractivity contribution in [3.05, 3.63) is 0 Å². The molecular weight excluding hydrogens is 196 g/mol. The fourth-order valence-electron chi connectivity index (χ4n) is 3.91. The standard InChI is InChI=1S/C15H24O/c1-14(2)8-7-12-9-15(12,10-14)13(16)6-5-11-3-4-11/h11-12H,3-10H2,1-2H3. The van der Waals surface area contributed by atoms with Crippen molar-refractivity contribution in [3.8, 4) is 0 Å². The van der Waals surface area contributed by atoms with E-state index in [0.717, 1.165) is 18.3 Å². The maximum absolute atomic E-state index is 12.4. The third-order valence-corrected chi connectivity index (χ3v) is 5.23. The maximum Gasteiger partial charge on any atom is 0.139 e. The highest BCUT2D eigenvalue weighted by Crippen LogP contribution is 2.66. The highest BCUT2D eigenvalue weighted by atomic mass is 16.1. The van der Waals surface area contributed by atoms with Crippen LogP contribution in [-0.4, -0.2) is 5.78 Å². The highest BCUT2D eigenvalue weighted by Gasteiger charge is 2.62. The van der Waals surface area contributed by atoms with Gasteiger partial charge in [0.1, 0.15) is 5.78 Å². The molecule has 0 N–H and O–H groups in total. The summed E-state index contributed by atoms with van der Waals surface area (Å²) in [4.78, 5) is 12.4. The van der Waals surface area contributed by atoms with Crippen LogP contribution in [0, 0.1) is 22.7 Å². The van der Waals surface area contributed by atoms with E-state index in [1.54, 1.807) is 0 Å². The van der Waals surface area contributed by atoms with Crippen LogP contribution < -0.4 is 0 Å². The van der Waals surface area contributed by atoms with Crippen LogP contribution >= 0.6 is 0 Å². The molecule has 0 amide bonds. The molecule has 3 aliphatic rings. The van der Waals surface area contributed by atoms with Gasteiger partial charge in [-0.1, -0.05) is 26.7 Å². The fraction of sp³-hybridized carbons (Fsp3) is 0.933. The molecule has 1 nitrogen and oxygen atoms in total. The van der Waals surface area contributed by atoms with Gasteiger partial charge in [0.2, 0.25) is 0 Å². The maximum atomic E-state index is 12.4. The van der Waals surface area contributed by atoms with Crippen molar-refractivity contribution in [1.82, 2.24) is 0 Å². The molecule has 3 fully saturated rings. The molecule has 0 heterocycles. The van der Waals surface area contributed by atoms with E-state index < -0.39 is 0 Å². The van der Waals surface area contributed by atoms with Crippen LogP contribution in [0.2, 0.25) is 0 Å². The quantitative estimate of drug-likeness (QED) is 0.701. The monoisotopic (exact) mass is 220 g/mol. The first-order valence-corrected chi connectivity index (χ1v) is 7.05. The van der Waals surface area contributed by atoms with Crippen molar-refractivity contribution in [2.24, 2.45) is 22.7 Å². The summed E-state index contributed by atoms with van der Waals surface area (Å²) in [6.07, 6.45) is 9.88. The minimum absolute atomic E-state index is 0.163. The van der Waals surface area contributed by atoms with Gasteiger partial charge in [0.05, 0.1) is 0 Å². The molecule has 0 spiro atoms. The fourth-order valence-corrected chi connectivity index (χ4v) is 3.91. The zero-order chi connectivity index (χ0) is 11.4. The van der Waals surface area contributed by atoms with Crippen molar-refractivity contribution in [1.29, 1.82) is 0 Å². The van der Waals surface area contributed by atoms with Crippen LogP contribution in [0.15, 0.2) is 0 Å². The Morgan fingerprint density at radius 1 is 1.25 bits per heavy atom. The van der Waals surface area contributed by atoms with Gasteiger partial charge in [-0.25, -0.2) is 0 Å². The smallest absolute Gasteiger partial charge is 0.139 e. The summed E-state index contributed by atoms with van der Waals surface area (Å²) in [6.45, 7) is 4.69. The van der Waals surface area contributed by atoms with Crippen molar-refractivity contribution >= 4 is 5.78 Å². The third kappa shape index (κ3) is 1.83. The number of rotatable bonds is 4. The topological polar surface area (TPSA) is 17.1 Å².